The molecule has 0 heterocycles. The highest BCUT2D eigenvalue weighted by Crippen LogP contribution is 2.16. The van der Waals surface area contributed by atoms with Crippen LogP contribution in [0, 0.1) is 0 Å². The van der Waals surface area contributed by atoms with Crippen LogP contribution in [0.5, 0.6) is 0 Å². The lowest BCUT2D eigenvalue weighted by molar-refractivity contribution is -0.133. The van der Waals surface area contributed by atoms with E-state index in [2.05, 4.69) is 4.18 Å². The topological polar surface area (TPSA) is 60.4 Å². The molecule has 0 amide bonds. The first-order valence-corrected chi connectivity index (χ1v) is 6.91. The summed E-state index contributed by atoms with van der Waals surface area (Å²) in [5, 5.41) is -0.548. The van der Waals surface area contributed by atoms with Gasteiger partial charge in [0.05, 0.1) is 5.25 Å². The molecule has 0 aliphatic carbocycles. The Balaban J connectivity index is 4.45. The fourth-order valence-corrected chi connectivity index (χ4v) is 2.62. The monoisotopic (exact) mass is 236 g/mol. The zero-order valence-electron chi connectivity index (χ0n) is 9.65. The molecular weight excluding hydrogens is 216 g/mol. The van der Waals surface area contributed by atoms with Gasteiger partial charge in [-0.25, -0.2) is 0 Å². The van der Waals surface area contributed by atoms with Crippen LogP contribution in [-0.2, 0) is 19.1 Å². The summed E-state index contributed by atoms with van der Waals surface area (Å²) in [4.78, 5) is 10.9. The molecule has 0 aromatic heterocycles. The van der Waals surface area contributed by atoms with Crippen molar-refractivity contribution < 1.29 is 17.4 Å². The summed E-state index contributed by atoms with van der Waals surface area (Å²) < 4.78 is 27.7. The van der Waals surface area contributed by atoms with Crippen LogP contribution in [0.3, 0.4) is 0 Å². The highest BCUT2D eigenvalue weighted by Gasteiger charge is 2.26. The number of unbranched alkanes of at least 4 members (excludes halogenated alkanes) is 1. The van der Waals surface area contributed by atoms with Crippen molar-refractivity contribution >= 4 is 16.1 Å². The Morgan fingerprint density at radius 3 is 2.27 bits per heavy atom. The molecule has 0 rings (SSSR count). The molecule has 0 fully saturated rings. The minimum Gasteiger partial charge on any atom is -0.346 e. The maximum Gasteiger partial charge on any atom is 0.321 e. The fraction of sp³-hybridized carbons (Fsp3) is 0.900. The Kier molecular flexibility index (Phi) is 6.56. The average Bonchev–Trinajstić information content (AvgIpc) is 2.17. The molecule has 0 aromatic carbocycles. The average molecular weight is 236 g/mol. The van der Waals surface area contributed by atoms with Gasteiger partial charge in [-0.05, 0) is 12.8 Å². The summed E-state index contributed by atoms with van der Waals surface area (Å²) in [7, 11) is -3.71. The zero-order chi connectivity index (χ0) is 11.9. The van der Waals surface area contributed by atoms with E-state index >= 15 is 0 Å². The first-order valence-electron chi connectivity index (χ1n) is 5.44. The Morgan fingerprint density at radius 2 is 1.87 bits per heavy atom. The molecule has 1 unspecified atom stereocenters. The summed E-state index contributed by atoms with van der Waals surface area (Å²) in [6, 6.07) is 0. The third-order valence-corrected chi connectivity index (χ3v) is 4.04. The smallest absolute Gasteiger partial charge is 0.321 e. The molecule has 0 aliphatic heterocycles. The van der Waals surface area contributed by atoms with Gasteiger partial charge in [0.25, 0.3) is 0 Å². The van der Waals surface area contributed by atoms with Crippen molar-refractivity contribution in [3.8, 4) is 0 Å². The second-order valence-electron chi connectivity index (χ2n) is 3.47. The molecular formula is C10H20O4S. The maximum atomic E-state index is 11.6. The molecule has 15 heavy (non-hydrogen) atoms. The highest BCUT2D eigenvalue weighted by atomic mass is 32.2. The molecule has 0 saturated heterocycles. The van der Waals surface area contributed by atoms with E-state index in [1.54, 1.807) is 13.8 Å². The summed E-state index contributed by atoms with van der Waals surface area (Å²) in [6.07, 6.45) is 2.91. The molecule has 0 radical (unpaired) electrons. The number of carbonyl (C=O) groups is 1. The van der Waals surface area contributed by atoms with E-state index in [-0.39, 0.29) is 6.42 Å². The molecule has 0 N–H and O–H groups in total. The maximum absolute atomic E-state index is 11.6. The predicted octanol–water partition coefficient (Wildman–Crippen LogP) is 2.24. The van der Waals surface area contributed by atoms with Crippen molar-refractivity contribution in [3.63, 3.8) is 0 Å². The van der Waals surface area contributed by atoms with Crippen LogP contribution in [0.1, 0.15) is 52.9 Å². The van der Waals surface area contributed by atoms with Gasteiger partial charge in [0.15, 0.2) is 0 Å². The summed E-state index contributed by atoms with van der Waals surface area (Å²) in [6.45, 7) is 5.36. The van der Waals surface area contributed by atoms with Crippen LogP contribution < -0.4 is 0 Å². The van der Waals surface area contributed by atoms with Crippen molar-refractivity contribution in [2.45, 2.75) is 58.1 Å². The van der Waals surface area contributed by atoms with Gasteiger partial charge < -0.3 is 4.18 Å². The summed E-state index contributed by atoms with van der Waals surface area (Å²) in [5.41, 5.74) is 0. The molecule has 5 heteroatoms. The number of carbonyl (C=O) groups excluding carboxylic acids is 1. The highest BCUT2D eigenvalue weighted by molar-refractivity contribution is 7.87. The predicted molar refractivity (Wildman–Crippen MR) is 58.9 cm³/mol. The van der Waals surface area contributed by atoms with Crippen LogP contribution in [0.25, 0.3) is 0 Å². The van der Waals surface area contributed by atoms with E-state index in [1.165, 1.54) is 0 Å². The molecule has 1 atom stereocenters. The first-order chi connectivity index (χ1) is 6.97. The van der Waals surface area contributed by atoms with Crippen molar-refractivity contribution in [2.24, 2.45) is 0 Å². The quantitative estimate of drug-likeness (QED) is 0.636. The van der Waals surface area contributed by atoms with Gasteiger partial charge in [0.1, 0.15) is 0 Å². The second-order valence-corrected chi connectivity index (χ2v) is 5.29. The van der Waals surface area contributed by atoms with E-state index < -0.39 is 21.3 Å². The van der Waals surface area contributed by atoms with E-state index in [4.69, 9.17) is 0 Å². The van der Waals surface area contributed by atoms with Gasteiger partial charge >= 0.3 is 16.1 Å². The summed E-state index contributed by atoms with van der Waals surface area (Å²) >= 11 is 0. The zero-order valence-corrected chi connectivity index (χ0v) is 10.5. The molecule has 90 valence electrons. The van der Waals surface area contributed by atoms with E-state index in [9.17, 15) is 13.2 Å². The molecule has 0 bridgehead atoms. The third-order valence-electron chi connectivity index (χ3n) is 2.24. The Bertz CT molecular complexity index is 282. The largest absolute Gasteiger partial charge is 0.346 e. The lowest BCUT2D eigenvalue weighted by Gasteiger charge is -2.14. The van der Waals surface area contributed by atoms with E-state index in [1.807, 2.05) is 6.92 Å². The lowest BCUT2D eigenvalue weighted by Crippen LogP contribution is -2.25. The number of hydrogen-bond acceptors (Lipinski definition) is 4. The fourth-order valence-electron chi connectivity index (χ4n) is 1.24. The van der Waals surface area contributed by atoms with Gasteiger partial charge in [-0.3, -0.25) is 4.79 Å². The van der Waals surface area contributed by atoms with Crippen LogP contribution in [-0.4, -0.2) is 19.6 Å². The van der Waals surface area contributed by atoms with Gasteiger partial charge in [-0.15, -0.1) is 0 Å². The van der Waals surface area contributed by atoms with Crippen molar-refractivity contribution in [1.29, 1.82) is 0 Å². The molecule has 0 aromatic rings. The molecule has 0 saturated carbocycles. The van der Waals surface area contributed by atoms with Gasteiger partial charge in [-0.1, -0.05) is 33.6 Å². The van der Waals surface area contributed by atoms with Crippen LogP contribution >= 0.6 is 0 Å². The van der Waals surface area contributed by atoms with Gasteiger partial charge in [-0.2, -0.15) is 8.42 Å². The molecule has 0 aliphatic rings. The van der Waals surface area contributed by atoms with Crippen LogP contribution in [0.4, 0.5) is 0 Å². The number of rotatable bonds is 7. The van der Waals surface area contributed by atoms with Crippen molar-refractivity contribution in [3.05, 3.63) is 0 Å². The Labute approximate surface area is 92.1 Å². The Hall–Kier alpha value is -0.580. The van der Waals surface area contributed by atoms with Crippen LogP contribution in [0.15, 0.2) is 0 Å². The molecule has 4 nitrogen and oxygen atoms in total. The van der Waals surface area contributed by atoms with Crippen molar-refractivity contribution in [1.82, 2.24) is 0 Å². The second kappa shape index (κ2) is 6.82. The lowest BCUT2D eigenvalue weighted by atomic mass is 10.2. The SMILES string of the molecule is CCCCC(CC)S(=O)(=O)OC(=O)CC. The van der Waals surface area contributed by atoms with Gasteiger partial charge in [0.2, 0.25) is 0 Å². The summed E-state index contributed by atoms with van der Waals surface area (Å²) in [5.74, 6) is -0.676. The normalized spacial score (nSPS) is 13.5. The third kappa shape index (κ3) is 5.16. The van der Waals surface area contributed by atoms with Crippen LogP contribution in [0.2, 0.25) is 0 Å². The minimum atomic E-state index is -3.71. The molecule has 0 spiro atoms. The Morgan fingerprint density at radius 1 is 1.27 bits per heavy atom. The first kappa shape index (κ1) is 14.4. The van der Waals surface area contributed by atoms with E-state index in [0.717, 1.165) is 12.8 Å². The van der Waals surface area contributed by atoms with E-state index in [0.29, 0.717) is 12.8 Å². The minimum absolute atomic E-state index is 0.0867. The van der Waals surface area contributed by atoms with Crippen molar-refractivity contribution in [2.75, 3.05) is 0 Å². The standard InChI is InChI=1S/C10H20O4S/c1-4-7-8-9(5-2)15(12,13)14-10(11)6-3/h9H,4-8H2,1-3H3. The number of hydrogen-bond donors (Lipinski definition) is 0. The van der Waals surface area contributed by atoms with Gasteiger partial charge in [0, 0.05) is 6.42 Å².